The maximum atomic E-state index is 6.14. The maximum absolute atomic E-state index is 6.14. The molecule has 4 nitrogen and oxygen atoms in total. The Morgan fingerprint density at radius 3 is 1.35 bits per heavy atom. The molecule has 0 aliphatic heterocycles. The molecule has 0 bridgehead atoms. The molecule has 4 heteroatoms. The summed E-state index contributed by atoms with van der Waals surface area (Å²) in [6, 6.07) is 20.9. The van der Waals surface area contributed by atoms with E-state index in [4.69, 9.17) is 20.9 Å². The van der Waals surface area contributed by atoms with Crippen molar-refractivity contribution in [2.24, 2.45) is 11.5 Å². The van der Waals surface area contributed by atoms with Crippen LogP contribution in [0, 0.1) is 0 Å². The van der Waals surface area contributed by atoms with Crippen molar-refractivity contribution in [3.8, 4) is 11.5 Å². The molecule has 0 aliphatic rings. The van der Waals surface area contributed by atoms with E-state index in [1.807, 2.05) is 18.2 Å². The van der Waals surface area contributed by atoms with Crippen LogP contribution in [0.1, 0.15) is 74.9 Å². The molecule has 0 saturated carbocycles. The maximum Gasteiger partial charge on any atom is 0.124 e. The molecular weight excluding hydrogens is 420 g/mol. The summed E-state index contributed by atoms with van der Waals surface area (Å²) in [6.07, 6.45) is 0. The van der Waals surface area contributed by atoms with Crippen LogP contribution >= 0.6 is 0 Å². The summed E-state index contributed by atoms with van der Waals surface area (Å²) in [7, 11) is 0. The molecule has 3 rings (SSSR count). The van der Waals surface area contributed by atoms with Crippen molar-refractivity contribution in [1.29, 1.82) is 0 Å². The minimum atomic E-state index is 0.0770. The van der Waals surface area contributed by atoms with Crippen LogP contribution in [0.3, 0.4) is 0 Å². The fraction of sp³-hybridized carbons (Fsp3) is 0.400. The third kappa shape index (κ3) is 6.62. The van der Waals surface area contributed by atoms with Crippen molar-refractivity contribution < 1.29 is 9.47 Å². The van der Waals surface area contributed by atoms with Crippen LogP contribution in [0.25, 0.3) is 0 Å². The van der Waals surface area contributed by atoms with Gasteiger partial charge in [0.1, 0.15) is 24.7 Å². The van der Waals surface area contributed by atoms with Crippen LogP contribution < -0.4 is 20.9 Å². The summed E-state index contributed by atoms with van der Waals surface area (Å²) >= 11 is 0. The molecule has 4 N–H and O–H groups in total. The van der Waals surface area contributed by atoms with E-state index >= 15 is 0 Å². The highest BCUT2D eigenvalue weighted by molar-refractivity contribution is 5.41. The lowest BCUT2D eigenvalue weighted by molar-refractivity contribution is 0.296. The molecular formula is C30H40N2O2. The van der Waals surface area contributed by atoms with Crippen LogP contribution in [-0.4, -0.2) is 0 Å². The van der Waals surface area contributed by atoms with Gasteiger partial charge in [-0.3, -0.25) is 0 Å². The number of nitrogens with two attached hydrogens (primary N) is 2. The summed E-state index contributed by atoms with van der Waals surface area (Å²) < 4.78 is 12.3. The molecule has 34 heavy (non-hydrogen) atoms. The molecule has 0 saturated heterocycles. The van der Waals surface area contributed by atoms with Gasteiger partial charge in [-0.1, -0.05) is 84.0 Å². The number of ether oxygens (including phenoxy) is 2. The Hall–Kier alpha value is -2.82. The Morgan fingerprint density at radius 2 is 1.00 bits per heavy atom. The SMILES string of the molecule is CC(C)(C)c1ccc(OCc2cccc(COc3ccc(C(C)(C)C)cc3CN)c2)c(CN)c1. The Morgan fingerprint density at radius 1 is 0.588 bits per heavy atom. The van der Waals surface area contributed by atoms with Gasteiger partial charge in [0, 0.05) is 24.2 Å². The Bertz CT molecular complexity index is 1020. The van der Waals surface area contributed by atoms with E-state index in [0.717, 1.165) is 33.8 Å². The van der Waals surface area contributed by atoms with Crippen LogP contribution in [-0.2, 0) is 37.1 Å². The fourth-order valence-electron chi connectivity index (χ4n) is 3.82. The first-order valence-corrected chi connectivity index (χ1v) is 12.0. The highest BCUT2D eigenvalue weighted by atomic mass is 16.5. The van der Waals surface area contributed by atoms with Gasteiger partial charge < -0.3 is 20.9 Å². The van der Waals surface area contributed by atoms with Gasteiger partial charge in [0.05, 0.1) is 0 Å². The zero-order valence-corrected chi connectivity index (χ0v) is 21.6. The van der Waals surface area contributed by atoms with Crippen LogP contribution in [0.15, 0.2) is 60.7 Å². The molecule has 0 aromatic heterocycles. The highest BCUT2D eigenvalue weighted by Crippen LogP contribution is 2.30. The Kier molecular flexibility index (Phi) is 8.06. The standard InChI is InChI=1S/C30H40N2O2/c1-29(2,3)25-10-12-27(23(15-25)17-31)33-19-21-8-7-9-22(14-21)20-34-28-13-11-26(30(4,5)6)16-24(28)18-32/h7-16H,17-20,31-32H2,1-6H3. The van der Waals surface area contributed by atoms with Crippen molar-refractivity contribution in [2.45, 2.75) is 78.7 Å². The molecule has 0 aliphatic carbocycles. The quantitative estimate of drug-likeness (QED) is 0.410. The highest BCUT2D eigenvalue weighted by Gasteiger charge is 2.17. The van der Waals surface area contributed by atoms with Gasteiger partial charge in [0.25, 0.3) is 0 Å². The van der Waals surface area contributed by atoms with Gasteiger partial charge in [-0.2, -0.15) is 0 Å². The summed E-state index contributed by atoms with van der Waals surface area (Å²) in [4.78, 5) is 0. The van der Waals surface area contributed by atoms with E-state index in [1.165, 1.54) is 11.1 Å². The predicted molar refractivity (Wildman–Crippen MR) is 141 cm³/mol. The van der Waals surface area contributed by atoms with Gasteiger partial charge in [0.2, 0.25) is 0 Å². The van der Waals surface area contributed by atoms with Crippen molar-refractivity contribution >= 4 is 0 Å². The zero-order valence-electron chi connectivity index (χ0n) is 21.6. The molecule has 0 heterocycles. The number of rotatable bonds is 8. The lowest BCUT2D eigenvalue weighted by Crippen LogP contribution is -2.13. The molecule has 0 spiro atoms. The monoisotopic (exact) mass is 460 g/mol. The first-order valence-electron chi connectivity index (χ1n) is 12.0. The number of hydrogen-bond donors (Lipinski definition) is 2. The van der Waals surface area contributed by atoms with E-state index in [0.29, 0.717) is 26.3 Å². The molecule has 0 fully saturated rings. The van der Waals surface area contributed by atoms with Crippen LogP contribution in [0.2, 0.25) is 0 Å². The second-order valence-corrected chi connectivity index (χ2v) is 11.0. The van der Waals surface area contributed by atoms with E-state index in [1.54, 1.807) is 0 Å². The predicted octanol–water partition coefficient (Wildman–Crippen LogP) is 6.36. The van der Waals surface area contributed by atoms with E-state index < -0.39 is 0 Å². The summed E-state index contributed by atoms with van der Waals surface area (Å²) in [5.41, 5.74) is 18.9. The topological polar surface area (TPSA) is 70.5 Å². The minimum Gasteiger partial charge on any atom is -0.489 e. The van der Waals surface area contributed by atoms with Crippen molar-refractivity contribution in [3.05, 3.63) is 94.0 Å². The van der Waals surface area contributed by atoms with Crippen molar-refractivity contribution in [3.63, 3.8) is 0 Å². The average molecular weight is 461 g/mol. The third-order valence-corrected chi connectivity index (χ3v) is 6.07. The van der Waals surface area contributed by atoms with Gasteiger partial charge in [-0.15, -0.1) is 0 Å². The molecule has 182 valence electrons. The van der Waals surface area contributed by atoms with Crippen molar-refractivity contribution in [1.82, 2.24) is 0 Å². The minimum absolute atomic E-state index is 0.0770. The van der Waals surface area contributed by atoms with E-state index in [-0.39, 0.29) is 10.8 Å². The van der Waals surface area contributed by atoms with Crippen LogP contribution in [0.5, 0.6) is 11.5 Å². The second kappa shape index (κ2) is 10.6. The largest absolute Gasteiger partial charge is 0.489 e. The van der Waals surface area contributed by atoms with Gasteiger partial charge in [-0.25, -0.2) is 0 Å². The first kappa shape index (κ1) is 25.8. The van der Waals surface area contributed by atoms with Crippen molar-refractivity contribution in [2.75, 3.05) is 0 Å². The average Bonchev–Trinajstić information content (AvgIpc) is 2.80. The summed E-state index contributed by atoms with van der Waals surface area (Å²) in [5.74, 6) is 1.67. The van der Waals surface area contributed by atoms with Gasteiger partial charge >= 0.3 is 0 Å². The fourth-order valence-corrected chi connectivity index (χ4v) is 3.82. The Labute approximate surface area is 205 Å². The summed E-state index contributed by atoms with van der Waals surface area (Å²) in [5, 5.41) is 0. The lowest BCUT2D eigenvalue weighted by atomic mass is 9.86. The molecule has 0 radical (unpaired) electrons. The molecule has 3 aromatic carbocycles. The molecule has 0 unspecified atom stereocenters. The smallest absolute Gasteiger partial charge is 0.124 e. The summed E-state index contributed by atoms with van der Waals surface area (Å²) in [6.45, 7) is 15.1. The van der Waals surface area contributed by atoms with Crippen LogP contribution in [0.4, 0.5) is 0 Å². The second-order valence-electron chi connectivity index (χ2n) is 11.0. The third-order valence-electron chi connectivity index (χ3n) is 6.07. The number of benzene rings is 3. The Balaban J connectivity index is 1.67. The molecule has 3 aromatic rings. The van der Waals surface area contributed by atoms with E-state index in [9.17, 15) is 0 Å². The molecule has 0 atom stereocenters. The van der Waals surface area contributed by atoms with Gasteiger partial charge in [-0.05, 0) is 51.3 Å². The molecule has 0 amide bonds. The normalized spacial score (nSPS) is 12.0. The van der Waals surface area contributed by atoms with Gasteiger partial charge in [0.15, 0.2) is 0 Å². The van der Waals surface area contributed by atoms with E-state index in [2.05, 4.69) is 84.0 Å². The lowest BCUT2D eigenvalue weighted by Gasteiger charge is -2.21. The zero-order chi connectivity index (χ0) is 24.9. The first-order chi connectivity index (χ1) is 16.0. The number of hydrogen-bond acceptors (Lipinski definition) is 4.